The van der Waals surface area contributed by atoms with Crippen LogP contribution in [-0.2, 0) is 10.0 Å². The van der Waals surface area contributed by atoms with Gasteiger partial charge in [0, 0.05) is 17.6 Å². The van der Waals surface area contributed by atoms with Crippen LogP contribution < -0.4 is 4.72 Å². The molecule has 0 bridgehead atoms. The Kier molecular flexibility index (Phi) is 5.48. The van der Waals surface area contributed by atoms with Crippen LogP contribution in [0, 0.1) is 5.82 Å². The number of hydrogen-bond donors (Lipinski definition) is 1. The smallest absolute Gasteiger partial charge is 0.242 e. The fourth-order valence-corrected chi connectivity index (χ4v) is 3.18. The van der Waals surface area contributed by atoms with Gasteiger partial charge in [0.15, 0.2) is 0 Å². The number of nitrogens with one attached hydrogen (secondary N) is 1. The molecule has 1 rings (SSSR count). The lowest BCUT2D eigenvalue weighted by molar-refractivity contribution is 0.531. The second-order valence-corrected chi connectivity index (χ2v) is 6.05. The maximum atomic E-state index is 12.9. The fraction of sp³-hybridized carbons (Fsp3) is 0.500. The molecule has 1 atom stereocenters. The minimum absolute atomic E-state index is 0.148. The number of halogens is 2. The Labute approximate surface area is 109 Å². The van der Waals surface area contributed by atoms with Crippen molar-refractivity contribution in [3.63, 3.8) is 0 Å². The van der Waals surface area contributed by atoms with Crippen molar-refractivity contribution in [3.8, 4) is 0 Å². The summed E-state index contributed by atoms with van der Waals surface area (Å²) in [7, 11) is -3.69. The molecule has 1 aromatic heterocycles. The lowest BCUT2D eigenvalue weighted by Crippen LogP contribution is -2.34. The van der Waals surface area contributed by atoms with Gasteiger partial charge in [-0.3, -0.25) is 4.98 Å². The molecule has 96 valence electrons. The van der Waals surface area contributed by atoms with Crippen molar-refractivity contribution in [1.82, 2.24) is 9.71 Å². The maximum Gasteiger partial charge on any atom is 0.242 e. The van der Waals surface area contributed by atoms with Crippen molar-refractivity contribution < 1.29 is 12.8 Å². The monoisotopic (exact) mass is 324 g/mol. The molecule has 7 heteroatoms. The van der Waals surface area contributed by atoms with Crippen LogP contribution in [0.15, 0.2) is 23.4 Å². The predicted octanol–water partition coefficient (Wildman–Crippen LogP) is 2.06. The molecule has 0 saturated heterocycles. The Morgan fingerprint density at radius 2 is 2.24 bits per heavy atom. The van der Waals surface area contributed by atoms with E-state index in [4.69, 9.17) is 0 Å². The predicted molar refractivity (Wildman–Crippen MR) is 67.0 cm³/mol. The van der Waals surface area contributed by atoms with Crippen molar-refractivity contribution in [3.05, 3.63) is 24.3 Å². The fourth-order valence-electron chi connectivity index (χ4n) is 1.30. The summed E-state index contributed by atoms with van der Waals surface area (Å²) in [5.41, 5.74) is 0. The van der Waals surface area contributed by atoms with Crippen LogP contribution in [0.3, 0.4) is 0 Å². The molecule has 0 saturated carbocycles. The molecule has 0 aliphatic heterocycles. The summed E-state index contributed by atoms with van der Waals surface area (Å²) >= 11 is 3.26. The van der Waals surface area contributed by atoms with Gasteiger partial charge in [0.1, 0.15) is 10.7 Å². The van der Waals surface area contributed by atoms with Crippen LogP contribution in [0.5, 0.6) is 0 Å². The third kappa shape index (κ3) is 4.33. The van der Waals surface area contributed by atoms with Gasteiger partial charge in [-0.1, -0.05) is 22.9 Å². The van der Waals surface area contributed by atoms with E-state index in [0.717, 1.165) is 18.5 Å². The molecule has 4 nitrogen and oxygen atoms in total. The van der Waals surface area contributed by atoms with Crippen LogP contribution in [0.25, 0.3) is 0 Å². The van der Waals surface area contributed by atoms with Gasteiger partial charge in [-0.25, -0.2) is 17.5 Å². The molecule has 1 heterocycles. The molecule has 1 unspecified atom stereocenters. The van der Waals surface area contributed by atoms with Gasteiger partial charge >= 0.3 is 0 Å². The summed E-state index contributed by atoms with van der Waals surface area (Å²) in [4.78, 5) is 3.38. The van der Waals surface area contributed by atoms with E-state index in [1.165, 1.54) is 0 Å². The van der Waals surface area contributed by atoms with E-state index in [9.17, 15) is 12.8 Å². The van der Waals surface area contributed by atoms with Crippen LogP contribution in [0.1, 0.15) is 19.8 Å². The van der Waals surface area contributed by atoms with Crippen molar-refractivity contribution in [2.75, 3.05) is 5.33 Å². The van der Waals surface area contributed by atoms with E-state index in [1.807, 2.05) is 6.92 Å². The lowest BCUT2D eigenvalue weighted by atomic mass is 10.2. The number of alkyl halides is 1. The minimum atomic E-state index is -3.69. The lowest BCUT2D eigenvalue weighted by Gasteiger charge is -2.15. The number of hydrogen-bond acceptors (Lipinski definition) is 3. The van der Waals surface area contributed by atoms with Crippen LogP contribution in [-0.4, -0.2) is 24.8 Å². The Balaban J connectivity index is 2.88. The van der Waals surface area contributed by atoms with Crippen LogP contribution >= 0.6 is 15.9 Å². The Bertz CT molecular complexity index is 467. The van der Waals surface area contributed by atoms with Gasteiger partial charge < -0.3 is 0 Å². The zero-order chi connectivity index (χ0) is 12.9. The number of pyridine rings is 1. The highest BCUT2D eigenvalue weighted by Gasteiger charge is 2.19. The van der Waals surface area contributed by atoms with Crippen LogP contribution in [0.4, 0.5) is 4.39 Å². The third-order valence-corrected chi connectivity index (χ3v) is 4.21. The molecule has 17 heavy (non-hydrogen) atoms. The molecule has 0 radical (unpaired) electrons. The van der Waals surface area contributed by atoms with Gasteiger partial charge in [0.25, 0.3) is 0 Å². The van der Waals surface area contributed by atoms with Crippen molar-refractivity contribution in [2.45, 2.75) is 30.7 Å². The highest BCUT2D eigenvalue weighted by molar-refractivity contribution is 9.09. The van der Waals surface area contributed by atoms with E-state index in [0.29, 0.717) is 18.2 Å². The van der Waals surface area contributed by atoms with E-state index in [1.54, 1.807) is 0 Å². The molecule has 0 spiro atoms. The van der Waals surface area contributed by atoms with Gasteiger partial charge in [-0.05, 0) is 18.9 Å². The SMILES string of the molecule is CCC(CCBr)NS(=O)(=O)c1cncc(F)c1. The van der Waals surface area contributed by atoms with Gasteiger partial charge in [-0.15, -0.1) is 0 Å². The second-order valence-electron chi connectivity index (χ2n) is 3.54. The summed E-state index contributed by atoms with van der Waals surface area (Å²) in [6.07, 6.45) is 3.45. The molecule has 0 amide bonds. The topological polar surface area (TPSA) is 59.1 Å². The summed E-state index contributed by atoms with van der Waals surface area (Å²) in [6.45, 7) is 1.89. The number of aromatic nitrogens is 1. The average Bonchev–Trinajstić information content (AvgIpc) is 2.28. The molecular weight excluding hydrogens is 311 g/mol. The molecule has 0 aliphatic rings. The van der Waals surface area contributed by atoms with Crippen molar-refractivity contribution in [1.29, 1.82) is 0 Å². The highest BCUT2D eigenvalue weighted by atomic mass is 79.9. The summed E-state index contributed by atoms with van der Waals surface area (Å²) in [6, 6.07) is 0.790. The highest BCUT2D eigenvalue weighted by Crippen LogP contribution is 2.11. The number of nitrogens with zero attached hydrogens (tertiary/aromatic N) is 1. The zero-order valence-electron chi connectivity index (χ0n) is 9.36. The molecule has 0 aromatic carbocycles. The molecular formula is C10H14BrFN2O2S. The summed E-state index contributed by atoms with van der Waals surface area (Å²) in [5, 5.41) is 0.704. The minimum Gasteiger partial charge on any atom is -0.260 e. The van der Waals surface area contributed by atoms with E-state index >= 15 is 0 Å². The second kappa shape index (κ2) is 6.42. The Hall–Kier alpha value is -0.530. The molecule has 1 N–H and O–H groups in total. The quantitative estimate of drug-likeness (QED) is 0.815. The molecule has 0 fully saturated rings. The van der Waals surface area contributed by atoms with E-state index in [2.05, 4.69) is 25.6 Å². The average molecular weight is 325 g/mol. The van der Waals surface area contributed by atoms with Gasteiger partial charge in [-0.2, -0.15) is 0 Å². The first-order valence-electron chi connectivity index (χ1n) is 5.18. The van der Waals surface area contributed by atoms with Gasteiger partial charge in [0.2, 0.25) is 10.0 Å². The number of sulfonamides is 1. The van der Waals surface area contributed by atoms with Crippen LogP contribution in [0.2, 0.25) is 0 Å². The zero-order valence-corrected chi connectivity index (χ0v) is 11.8. The molecule has 0 aliphatic carbocycles. The van der Waals surface area contributed by atoms with Crippen molar-refractivity contribution >= 4 is 26.0 Å². The standard InChI is InChI=1S/C10H14BrFN2O2S/c1-2-9(3-4-11)14-17(15,16)10-5-8(12)6-13-7-10/h5-7,9,14H,2-4H2,1H3. The third-order valence-electron chi connectivity index (χ3n) is 2.26. The van der Waals surface area contributed by atoms with Crippen molar-refractivity contribution in [2.24, 2.45) is 0 Å². The Morgan fingerprint density at radius 3 is 2.76 bits per heavy atom. The normalized spacial score (nSPS) is 13.6. The Morgan fingerprint density at radius 1 is 1.53 bits per heavy atom. The maximum absolute atomic E-state index is 12.9. The number of rotatable bonds is 6. The summed E-state index contributed by atoms with van der Waals surface area (Å²) < 4.78 is 39.2. The first-order chi connectivity index (χ1) is 7.99. The van der Waals surface area contributed by atoms with Gasteiger partial charge in [0.05, 0.1) is 6.20 Å². The van der Waals surface area contributed by atoms with E-state index in [-0.39, 0.29) is 10.9 Å². The molecule has 1 aromatic rings. The first-order valence-corrected chi connectivity index (χ1v) is 7.79. The van der Waals surface area contributed by atoms with E-state index < -0.39 is 15.8 Å². The summed E-state index contributed by atoms with van der Waals surface area (Å²) in [5.74, 6) is -0.665. The largest absolute Gasteiger partial charge is 0.260 e. The first kappa shape index (κ1) is 14.5.